The third-order valence-electron chi connectivity index (χ3n) is 18.6. The number of esters is 2. The molecule has 0 aliphatic carbocycles. The first-order chi connectivity index (χ1) is 52.4. The minimum absolute atomic E-state index is 0.132. The van der Waals surface area contributed by atoms with Gasteiger partial charge in [-0.3, -0.25) is 46.9 Å². The van der Waals surface area contributed by atoms with Crippen LogP contribution in [-0.2, 0) is 84.4 Å². The minimum atomic E-state index is -4.87. The standard InChI is InChI=1S/C81H152N4O22P2/c1-9-15-21-27-29-31-33-39-45-51-75(90)104-71(49-43-37-25-19-13-5)61-73(88)84-67(63-98-57-53-69(86)47-41-35-23-17-11-3)65-102-108(94,95)100-59-55-82-79(92)77-78(107-81(7,8)106-77)80(93)83-56-60-101-109(96,97)103-66-68(64-99-58-54-70(87)48-42-36-24-18-12-4)85-74(89)62-72(50-44-38-26-20-14-6)105-76(91)52-46-40-34-32-30-28-22-16-10-2/h31-34,67-72,77-78,86-87H,9-30,35-66H2,1-8H3,(H,82,92)(H,83,93)(H,84,88)(H,85,89)(H,94,95)(H,96,97)/b33-31-,34-32-/t67?,68?,69?,70?,71-,72-,77?,78?/m1/s1. The normalized spacial score (nSPS) is 17.1. The van der Waals surface area contributed by atoms with Crippen molar-refractivity contribution in [3.05, 3.63) is 24.3 Å². The van der Waals surface area contributed by atoms with Gasteiger partial charge in [-0.2, -0.15) is 0 Å². The lowest BCUT2D eigenvalue weighted by molar-refractivity contribution is -0.159. The lowest BCUT2D eigenvalue weighted by Crippen LogP contribution is -2.48. The van der Waals surface area contributed by atoms with Gasteiger partial charge in [0.1, 0.15) is 12.2 Å². The van der Waals surface area contributed by atoms with E-state index in [9.17, 15) is 57.9 Å². The molecular formula is C81H152N4O22P2. The number of unbranched alkanes of at least 4 members (excludes halogenated alkanes) is 26. The average molecular weight is 1600 g/mol. The molecule has 638 valence electrons. The van der Waals surface area contributed by atoms with Gasteiger partial charge in [-0.1, -0.05) is 220 Å². The predicted molar refractivity (Wildman–Crippen MR) is 426 cm³/mol. The van der Waals surface area contributed by atoms with E-state index in [0.717, 1.165) is 167 Å². The molecule has 0 bridgehead atoms. The number of phosphoric ester groups is 2. The van der Waals surface area contributed by atoms with Gasteiger partial charge in [-0.25, -0.2) is 9.13 Å². The predicted octanol–water partition coefficient (Wildman–Crippen LogP) is 16.0. The fourth-order valence-corrected chi connectivity index (χ4v) is 13.8. The molecule has 8 N–H and O–H groups in total. The van der Waals surface area contributed by atoms with E-state index in [1.165, 1.54) is 52.4 Å². The zero-order valence-corrected chi connectivity index (χ0v) is 70.4. The molecule has 1 aliphatic rings. The van der Waals surface area contributed by atoms with Crippen LogP contribution < -0.4 is 21.3 Å². The summed E-state index contributed by atoms with van der Waals surface area (Å²) in [6, 6.07) is -1.96. The van der Waals surface area contributed by atoms with Crippen molar-refractivity contribution in [3.8, 4) is 0 Å². The molecule has 0 spiro atoms. The minimum Gasteiger partial charge on any atom is -0.462 e. The molecule has 1 heterocycles. The molecule has 109 heavy (non-hydrogen) atoms. The van der Waals surface area contributed by atoms with Crippen LogP contribution in [0.5, 0.6) is 0 Å². The maximum Gasteiger partial charge on any atom is 0.472 e. The molecule has 0 aromatic heterocycles. The molecule has 0 aromatic rings. The van der Waals surface area contributed by atoms with Gasteiger partial charge >= 0.3 is 27.6 Å². The number of nitrogens with one attached hydrogen (secondary N) is 4. The topological polar surface area (TPSA) is 358 Å². The molecule has 1 rings (SSSR count). The Bertz CT molecular complexity index is 2320. The van der Waals surface area contributed by atoms with Crippen LogP contribution in [0.1, 0.15) is 338 Å². The van der Waals surface area contributed by atoms with E-state index in [-0.39, 0.29) is 65.2 Å². The summed E-state index contributed by atoms with van der Waals surface area (Å²) in [5.41, 5.74) is 0. The first-order valence-corrected chi connectivity index (χ1v) is 45.3. The Morgan fingerprint density at radius 1 is 0.404 bits per heavy atom. The molecule has 26 nitrogen and oxygen atoms in total. The summed E-state index contributed by atoms with van der Waals surface area (Å²) in [7, 11) is -9.74. The van der Waals surface area contributed by atoms with Crippen LogP contribution in [0.3, 0.4) is 0 Å². The van der Waals surface area contributed by atoms with Crippen molar-refractivity contribution in [1.29, 1.82) is 0 Å². The van der Waals surface area contributed by atoms with E-state index in [1.807, 2.05) is 0 Å². The van der Waals surface area contributed by atoms with E-state index in [2.05, 4.69) is 87.1 Å². The molecule has 1 fully saturated rings. The molecular weight excluding hydrogens is 1440 g/mol. The molecule has 4 amide bonds. The summed E-state index contributed by atoms with van der Waals surface area (Å²) in [5, 5.41) is 31.9. The van der Waals surface area contributed by atoms with Crippen LogP contribution in [0, 0.1) is 0 Å². The van der Waals surface area contributed by atoms with Crippen LogP contribution in [0.15, 0.2) is 24.3 Å². The highest BCUT2D eigenvalue weighted by atomic mass is 31.2. The molecule has 28 heteroatoms. The first kappa shape index (κ1) is 103. The van der Waals surface area contributed by atoms with Crippen molar-refractivity contribution >= 4 is 51.2 Å². The van der Waals surface area contributed by atoms with Gasteiger partial charge in [-0.05, 0) is 117 Å². The number of ether oxygens (including phenoxy) is 6. The van der Waals surface area contributed by atoms with E-state index in [0.29, 0.717) is 51.4 Å². The Hall–Kier alpha value is -3.72. The highest BCUT2D eigenvalue weighted by Crippen LogP contribution is 2.44. The summed E-state index contributed by atoms with van der Waals surface area (Å²) < 4.78 is 82.9. The molecule has 8 unspecified atom stereocenters. The molecule has 0 aromatic carbocycles. The van der Waals surface area contributed by atoms with Crippen molar-refractivity contribution in [2.75, 3.05) is 65.9 Å². The summed E-state index contributed by atoms with van der Waals surface area (Å²) in [6.07, 6.45) is 39.9. The number of aliphatic hydroxyl groups excluding tert-OH is 2. The fourth-order valence-electron chi connectivity index (χ4n) is 12.3. The van der Waals surface area contributed by atoms with Crippen molar-refractivity contribution in [1.82, 2.24) is 21.3 Å². The molecule has 0 saturated carbocycles. The van der Waals surface area contributed by atoms with Gasteiger partial charge in [0.05, 0.1) is 76.8 Å². The number of aliphatic hydroxyl groups is 2. The Balaban J connectivity index is 3.04. The lowest BCUT2D eigenvalue weighted by Gasteiger charge is -2.23. The van der Waals surface area contributed by atoms with Crippen LogP contribution in [-0.4, -0.2) is 176 Å². The second kappa shape index (κ2) is 67.6. The molecule has 1 saturated heterocycles. The van der Waals surface area contributed by atoms with Gasteiger partial charge in [-0.15, -0.1) is 0 Å². The monoisotopic (exact) mass is 1600 g/mol. The number of rotatable bonds is 76. The van der Waals surface area contributed by atoms with Crippen LogP contribution in [0.2, 0.25) is 0 Å². The van der Waals surface area contributed by atoms with Gasteiger partial charge in [0.15, 0.2) is 18.0 Å². The number of hydrogen-bond donors (Lipinski definition) is 8. The second-order valence-electron chi connectivity index (χ2n) is 29.7. The van der Waals surface area contributed by atoms with E-state index in [1.54, 1.807) is 0 Å². The van der Waals surface area contributed by atoms with E-state index >= 15 is 0 Å². The third-order valence-corrected chi connectivity index (χ3v) is 20.6. The Kier molecular flexibility index (Phi) is 64.1. The number of carbonyl (C=O) groups is 6. The average Bonchev–Trinajstić information content (AvgIpc) is 1.66. The molecule has 10 atom stereocenters. The van der Waals surface area contributed by atoms with Gasteiger partial charge in [0.25, 0.3) is 11.8 Å². The zero-order valence-electron chi connectivity index (χ0n) is 68.6. The smallest absolute Gasteiger partial charge is 0.462 e. The number of amides is 4. The quantitative estimate of drug-likeness (QED) is 0.0121. The van der Waals surface area contributed by atoms with Gasteiger partial charge < -0.3 is 69.7 Å². The Morgan fingerprint density at radius 3 is 1.06 bits per heavy atom. The van der Waals surface area contributed by atoms with Crippen molar-refractivity contribution < 1.29 is 104 Å². The summed E-state index contributed by atoms with van der Waals surface area (Å²) >= 11 is 0. The summed E-state index contributed by atoms with van der Waals surface area (Å²) in [6.45, 7) is 12.8. The van der Waals surface area contributed by atoms with E-state index < -0.39 is 132 Å². The van der Waals surface area contributed by atoms with Crippen LogP contribution in [0.25, 0.3) is 0 Å². The van der Waals surface area contributed by atoms with E-state index in [4.69, 9.17) is 46.5 Å². The number of hydrogen-bond acceptors (Lipinski definition) is 20. The van der Waals surface area contributed by atoms with Gasteiger partial charge in [0, 0.05) is 39.1 Å². The van der Waals surface area contributed by atoms with Crippen molar-refractivity contribution in [2.45, 2.75) is 392 Å². The Morgan fingerprint density at radius 2 is 0.716 bits per heavy atom. The fraction of sp³-hybridized carbons (Fsp3) is 0.877. The SMILES string of the molecule is CCCCCC/C=C\CCCC(=O)O[C@H](CCCCCCC)CC(=O)NC(COCCC(O)CCCCCCC)COP(=O)(O)OCCNC(=O)C1OC(C)(C)OC1C(=O)NCCOP(=O)(O)OCC(COCCC(O)CCCCCCC)NC(=O)C[C@@H](CCCCCCC)OC(=O)CCC/C=C\CCCCCC. The summed E-state index contributed by atoms with van der Waals surface area (Å²) in [5.74, 6) is -4.91. The zero-order chi connectivity index (χ0) is 80.5. The maximum atomic E-state index is 13.7. The summed E-state index contributed by atoms with van der Waals surface area (Å²) in [4.78, 5) is 103. The van der Waals surface area contributed by atoms with Crippen molar-refractivity contribution in [3.63, 3.8) is 0 Å². The lowest BCUT2D eigenvalue weighted by atomic mass is 10.1. The number of carbonyl (C=O) groups excluding carboxylic acids is 6. The second-order valence-corrected chi connectivity index (χ2v) is 32.6. The molecule has 0 radical (unpaired) electrons. The van der Waals surface area contributed by atoms with Gasteiger partial charge in [0.2, 0.25) is 11.8 Å². The Labute approximate surface area is 656 Å². The number of allylic oxidation sites excluding steroid dienone is 4. The number of phosphoric acid groups is 2. The first-order valence-electron chi connectivity index (χ1n) is 42.4. The highest BCUT2D eigenvalue weighted by molar-refractivity contribution is 7.47. The van der Waals surface area contributed by atoms with Crippen molar-refractivity contribution in [2.24, 2.45) is 0 Å². The maximum absolute atomic E-state index is 13.7. The van der Waals surface area contributed by atoms with Crippen LogP contribution >= 0.6 is 15.6 Å². The third kappa shape index (κ3) is 60.5. The largest absolute Gasteiger partial charge is 0.472 e. The highest BCUT2D eigenvalue weighted by Gasteiger charge is 2.49. The van der Waals surface area contributed by atoms with Crippen LogP contribution in [0.4, 0.5) is 0 Å². The molecule has 1 aliphatic heterocycles.